The normalized spacial score (nSPS) is 18.8. The van der Waals surface area contributed by atoms with E-state index in [-0.39, 0.29) is 12.4 Å². The van der Waals surface area contributed by atoms with Crippen molar-refractivity contribution in [1.29, 1.82) is 0 Å². The Morgan fingerprint density at radius 3 is 2.61 bits per heavy atom. The highest BCUT2D eigenvalue weighted by atomic mass is 16.6. The average Bonchev–Trinajstić information content (AvgIpc) is 2.48. The summed E-state index contributed by atoms with van der Waals surface area (Å²) in [6.45, 7) is 6.60. The van der Waals surface area contributed by atoms with Gasteiger partial charge in [-0.1, -0.05) is 30.3 Å². The topological polar surface area (TPSA) is 55.8 Å². The predicted molar refractivity (Wildman–Crippen MR) is 87.1 cm³/mol. The van der Waals surface area contributed by atoms with Gasteiger partial charge in [0.15, 0.2) is 5.78 Å². The minimum absolute atomic E-state index is 0.0372. The average molecular weight is 319 g/mol. The molecule has 1 aliphatic rings. The van der Waals surface area contributed by atoms with Crippen LogP contribution in [-0.2, 0) is 20.9 Å². The lowest BCUT2D eigenvalue weighted by molar-refractivity contribution is -0.129. The summed E-state index contributed by atoms with van der Waals surface area (Å²) < 4.78 is 11.1. The highest BCUT2D eigenvalue weighted by molar-refractivity contribution is 5.88. The SMILES string of the molecule is CC(C)(C)OC(=O)N1CCCC(=O)C1COCc1ccccc1. The van der Waals surface area contributed by atoms with Crippen LogP contribution in [0.4, 0.5) is 4.79 Å². The number of likely N-dealkylation sites (tertiary alicyclic amines) is 1. The van der Waals surface area contributed by atoms with Crippen molar-refractivity contribution in [3.8, 4) is 0 Å². The number of piperidine rings is 1. The van der Waals surface area contributed by atoms with Crippen LogP contribution in [0, 0.1) is 0 Å². The number of ether oxygens (including phenoxy) is 2. The molecule has 1 unspecified atom stereocenters. The van der Waals surface area contributed by atoms with E-state index in [1.54, 1.807) is 0 Å². The molecule has 0 aliphatic carbocycles. The Hall–Kier alpha value is -1.88. The highest BCUT2D eigenvalue weighted by Gasteiger charge is 2.35. The number of rotatable bonds is 4. The van der Waals surface area contributed by atoms with Gasteiger partial charge in [0.05, 0.1) is 13.2 Å². The van der Waals surface area contributed by atoms with Crippen LogP contribution >= 0.6 is 0 Å². The molecule has 5 nitrogen and oxygen atoms in total. The summed E-state index contributed by atoms with van der Waals surface area (Å²) in [5.74, 6) is 0.0372. The van der Waals surface area contributed by atoms with Crippen LogP contribution in [0.5, 0.6) is 0 Å². The molecule has 1 aliphatic heterocycles. The summed E-state index contributed by atoms with van der Waals surface area (Å²) in [4.78, 5) is 26.0. The summed E-state index contributed by atoms with van der Waals surface area (Å²) in [5.41, 5.74) is 0.465. The molecule has 1 heterocycles. The molecular weight excluding hydrogens is 294 g/mol. The second-order valence-electron chi connectivity index (χ2n) is 6.76. The molecule has 1 aromatic carbocycles. The first-order valence-electron chi connectivity index (χ1n) is 8.01. The van der Waals surface area contributed by atoms with E-state index in [9.17, 15) is 9.59 Å². The fourth-order valence-electron chi connectivity index (χ4n) is 2.50. The van der Waals surface area contributed by atoms with E-state index in [2.05, 4.69) is 0 Å². The maximum absolute atomic E-state index is 12.3. The van der Waals surface area contributed by atoms with Gasteiger partial charge in [-0.2, -0.15) is 0 Å². The van der Waals surface area contributed by atoms with Crippen LogP contribution < -0.4 is 0 Å². The molecule has 0 spiro atoms. The molecule has 2 rings (SSSR count). The summed E-state index contributed by atoms with van der Waals surface area (Å²) >= 11 is 0. The number of Topliss-reactive ketones (excluding diaryl/α,β-unsaturated/α-hetero) is 1. The van der Waals surface area contributed by atoms with E-state index < -0.39 is 17.7 Å². The molecule has 126 valence electrons. The first kappa shape index (κ1) is 17.5. The number of benzene rings is 1. The lowest BCUT2D eigenvalue weighted by atomic mass is 10.0. The smallest absolute Gasteiger partial charge is 0.410 e. The van der Waals surface area contributed by atoms with Crippen molar-refractivity contribution in [1.82, 2.24) is 4.90 Å². The van der Waals surface area contributed by atoms with Gasteiger partial charge in [0, 0.05) is 13.0 Å². The van der Waals surface area contributed by atoms with Gasteiger partial charge in [0.1, 0.15) is 11.6 Å². The summed E-state index contributed by atoms with van der Waals surface area (Å²) in [7, 11) is 0. The van der Waals surface area contributed by atoms with E-state index in [1.165, 1.54) is 4.90 Å². The molecule has 1 aromatic rings. The molecular formula is C18H25NO4. The molecule has 0 N–H and O–H groups in total. The van der Waals surface area contributed by atoms with Gasteiger partial charge < -0.3 is 9.47 Å². The van der Waals surface area contributed by atoms with Crippen molar-refractivity contribution < 1.29 is 19.1 Å². The van der Waals surface area contributed by atoms with Crippen molar-refractivity contribution in [3.63, 3.8) is 0 Å². The van der Waals surface area contributed by atoms with Gasteiger partial charge in [0.2, 0.25) is 0 Å². The number of amides is 1. The van der Waals surface area contributed by atoms with Crippen molar-refractivity contribution in [3.05, 3.63) is 35.9 Å². The van der Waals surface area contributed by atoms with Crippen molar-refractivity contribution in [2.24, 2.45) is 0 Å². The maximum Gasteiger partial charge on any atom is 0.410 e. The van der Waals surface area contributed by atoms with Crippen molar-refractivity contribution in [2.45, 2.75) is 51.9 Å². The Bertz CT molecular complexity index is 536. The molecule has 0 saturated carbocycles. The van der Waals surface area contributed by atoms with Gasteiger partial charge in [-0.05, 0) is 32.8 Å². The lowest BCUT2D eigenvalue weighted by Gasteiger charge is -2.35. The minimum atomic E-state index is -0.576. The monoisotopic (exact) mass is 319 g/mol. The number of hydrogen-bond donors (Lipinski definition) is 0. The first-order valence-corrected chi connectivity index (χ1v) is 8.01. The standard InChI is InChI=1S/C18H25NO4/c1-18(2,3)23-17(21)19-11-7-10-16(20)15(19)13-22-12-14-8-5-4-6-9-14/h4-6,8-9,15H,7,10-13H2,1-3H3. The Labute approximate surface area is 137 Å². The molecule has 1 atom stereocenters. The van der Waals surface area contributed by atoms with E-state index in [1.807, 2.05) is 51.1 Å². The third-order valence-electron chi connectivity index (χ3n) is 3.59. The number of carbonyl (C=O) groups excluding carboxylic acids is 2. The highest BCUT2D eigenvalue weighted by Crippen LogP contribution is 2.19. The van der Waals surface area contributed by atoms with Gasteiger partial charge in [0.25, 0.3) is 0 Å². The van der Waals surface area contributed by atoms with Crippen molar-refractivity contribution >= 4 is 11.9 Å². The van der Waals surface area contributed by atoms with Gasteiger partial charge >= 0.3 is 6.09 Å². The number of hydrogen-bond acceptors (Lipinski definition) is 4. The summed E-state index contributed by atoms with van der Waals surface area (Å²) in [6, 6.07) is 9.21. The molecule has 23 heavy (non-hydrogen) atoms. The molecule has 1 amide bonds. The fourth-order valence-corrected chi connectivity index (χ4v) is 2.50. The summed E-state index contributed by atoms with van der Waals surface area (Å²) in [6.07, 6.45) is 0.713. The zero-order valence-corrected chi connectivity index (χ0v) is 14.1. The predicted octanol–water partition coefficient (Wildman–Crippen LogP) is 3.17. The third-order valence-corrected chi connectivity index (χ3v) is 3.59. The molecule has 1 saturated heterocycles. The largest absolute Gasteiger partial charge is 0.444 e. The Morgan fingerprint density at radius 1 is 1.26 bits per heavy atom. The first-order chi connectivity index (χ1) is 10.9. The van der Waals surface area contributed by atoms with Gasteiger partial charge in [-0.25, -0.2) is 4.79 Å². The van der Waals surface area contributed by atoms with Crippen LogP contribution in [0.3, 0.4) is 0 Å². The van der Waals surface area contributed by atoms with E-state index in [0.717, 1.165) is 5.56 Å². The Balaban J connectivity index is 1.94. The van der Waals surface area contributed by atoms with Gasteiger partial charge in [-0.15, -0.1) is 0 Å². The summed E-state index contributed by atoms with van der Waals surface area (Å²) in [5, 5.41) is 0. The molecule has 0 bridgehead atoms. The van der Waals surface area contributed by atoms with E-state index in [4.69, 9.17) is 9.47 Å². The Kier molecular flexibility index (Phi) is 5.77. The molecule has 5 heteroatoms. The number of nitrogens with zero attached hydrogens (tertiary/aromatic N) is 1. The van der Waals surface area contributed by atoms with Crippen molar-refractivity contribution in [2.75, 3.05) is 13.2 Å². The fraction of sp³-hybridized carbons (Fsp3) is 0.556. The van der Waals surface area contributed by atoms with Crippen LogP contribution in [0.2, 0.25) is 0 Å². The molecule has 0 radical (unpaired) electrons. The Morgan fingerprint density at radius 2 is 1.96 bits per heavy atom. The van der Waals surface area contributed by atoms with E-state index in [0.29, 0.717) is 26.0 Å². The number of carbonyl (C=O) groups is 2. The zero-order chi connectivity index (χ0) is 16.9. The zero-order valence-electron chi connectivity index (χ0n) is 14.1. The third kappa shape index (κ3) is 5.36. The lowest BCUT2D eigenvalue weighted by Crippen LogP contribution is -2.52. The van der Waals surface area contributed by atoms with Gasteiger partial charge in [-0.3, -0.25) is 9.69 Å². The second kappa shape index (κ2) is 7.59. The van der Waals surface area contributed by atoms with Crippen LogP contribution in [-0.4, -0.2) is 41.6 Å². The molecule has 0 aromatic heterocycles. The minimum Gasteiger partial charge on any atom is -0.444 e. The maximum atomic E-state index is 12.3. The number of ketones is 1. The molecule has 1 fully saturated rings. The van der Waals surface area contributed by atoms with Crippen LogP contribution in [0.1, 0.15) is 39.2 Å². The van der Waals surface area contributed by atoms with Crippen LogP contribution in [0.15, 0.2) is 30.3 Å². The second-order valence-corrected chi connectivity index (χ2v) is 6.76. The quantitative estimate of drug-likeness (QED) is 0.855. The van der Waals surface area contributed by atoms with E-state index >= 15 is 0 Å². The van der Waals surface area contributed by atoms with Crippen LogP contribution in [0.25, 0.3) is 0 Å².